The summed E-state index contributed by atoms with van der Waals surface area (Å²) < 4.78 is 1.84. The maximum absolute atomic E-state index is 12.3. The molecule has 2 aromatic heterocycles. The third-order valence-electron chi connectivity index (χ3n) is 3.50. The zero-order valence-corrected chi connectivity index (χ0v) is 12.2. The molecule has 1 unspecified atom stereocenters. The van der Waals surface area contributed by atoms with Crippen LogP contribution in [0.3, 0.4) is 0 Å². The molecule has 3 heterocycles. The smallest absolute Gasteiger partial charge is 0.313 e. The lowest BCUT2D eigenvalue weighted by Crippen LogP contribution is -2.24. The Labute approximate surface area is 125 Å². The van der Waals surface area contributed by atoms with Crippen LogP contribution in [0.5, 0.6) is 0 Å². The molecule has 1 atom stereocenters. The second kappa shape index (κ2) is 5.36. The minimum absolute atomic E-state index is 0.0308. The summed E-state index contributed by atoms with van der Waals surface area (Å²) in [6.07, 6.45) is 3.97. The molecular weight excluding hydrogens is 292 g/mol. The Morgan fingerprint density at radius 1 is 1.57 bits per heavy atom. The van der Waals surface area contributed by atoms with E-state index in [2.05, 4.69) is 9.97 Å². The largest absolute Gasteiger partial charge is 0.481 e. The van der Waals surface area contributed by atoms with Crippen molar-refractivity contribution in [3.05, 3.63) is 18.5 Å². The summed E-state index contributed by atoms with van der Waals surface area (Å²) in [5.41, 5.74) is 1.49. The molecule has 1 amide bonds. The first-order chi connectivity index (χ1) is 10.1. The lowest BCUT2D eigenvalue weighted by atomic mass is 10.2. The topological polar surface area (TPSA) is 88.3 Å². The molecule has 0 aromatic carbocycles. The van der Waals surface area contributed by atoms with Gasteiger partial charge >= 0.3 is 5.97 Å². The minimum atomic E-state index is -0.911. The Morgan fingerprint density at radius 2 is 2.38 bits per heavy atom. The monoisotopic (exact) mass is 306 g/mol. The second-order valence-electron chi connectivity index (χ2n) is 4.88. The molecular formula is C13H14N4O3S. The summed E-state index contributed by atoms with van der Waals surface area (Å²) in [5, 5.41) is 9.40. The number of carboxylic acid groups (broad SMARTS) is 1. The van der Waals surface area contributed by atoms with Gasteiger partial charge in [-0.3, -0.25) is 14.6 Å². The van der Waals surface area contributed by atoms with Gasteiger partial charge in [0.1, 0.15) is 11.6 Å². The van der Waals surface area contributed by atoms with Crippen molar-refractivity contribution in [2.45, 2.75) is 17.6 Å². The van der Waals surface area contributed by atoms with Crippen LogP contribution < -0.4 is 0 Å². The summed E-state index contributed by atoms with van der Waals surface area (Å²) in [5.74, 6) is -0.970. The second-order valence-corrected chi connectivity index (χ2v) is 5.82. The van der Waals surface area contributed by atoms with Crippen LogP contribution in [-0.4, -0.2) is 55.8 Å². The van der Waals surface area contributed by atoms with E-state index in [1.165, 1.54) is 0 Å². The fourth-order valence-corrected chi connectivity index (χ4v) is 3.28. The van der Waals surface area contributed by atoms with Gasteiger partial charge in [-0.25, -0.2) is 4.98 Å². The number of carbonyl (C=O) groups excluding carboxylic acids is 1. The number of aliphatic carboxylic acids is 1. The van der Waals surface area contributed by atoms with Crippen molar-refractivity contribution >= 4 is 34.7 Å². The number of nitrogens with zero attached hydrogens (tertiary/aromatic N) is 4. The van der Waals surface area contributed by atoms with Crippen molar-refractivity contribution in [3.8, 4) is 0 Å². The number of likely N-dealkylation sites (N-methyl/N-ethyl adjacent to an activating group) is 1. The molecule has 1 saturated heterocycles. The van der Waals surface area contributed by atoms with Gasteiger partial charge in [-0.1, -0.05) is 11.8 Å². The van der Waals surface area contributed by atoms with Crippen molar-refractivity contribution in [1.29, 1.82) is 0 Å². The number of hydrogen-bond donors (Lipinski definition) is 1. The fraction of sp³-hybridized carbons (Fsp3) is 0.385. The van der Waals surface area contributed by atoms with E-state index in [9.17, 15) is 9.59 Å². The number of likely N-dealkylation sites (tertiary alicyclic amines) is 1. The number of fused-ring (bicyclic) bond motifs is 1. The van der Waals surface area contributed by atoms with Crippen LogP contribution >= 0.6 is 11.8 Å². The van der Waals surface area contributed by atoms with Crippen LogP contribution in [0.15, 0.2) is 23.6 Å². The van der Waals surface area contributed by atoms with Crippen LogP contribution in [-0.2, 0) is 9.59 Å². The SMILES string of the molecule is CN1CCC(n2c(SCC(=O)O)nc3cnccc32)C1=O. The van der Waals surface area contributed by atoms with Crippen LogP contribution in [0.1, 0.15) is 12.5 Å². The molecule has 110 valence electrons. The molecule has 2 aromatic rings. The number of rotatable bonds is 4. The van der Waals surface area contributed by atoms with Gasteiger partial charge in [0, 0.05) is 19.8 Å². The van der Waals surface area contributed by atoms with Crippen molar-refractivity contribution in [1.82, 2.24) is 19.4 Å². The zero-order valence-electron chi connectivity index (χ0n) is 11.4. The maximum Gasteiger partial charge on any atom is 0.313 e. The van der Waals surface area contributed by atoms with Gasteiger partial charge < -0.3 is 14.6 Å². The number of pyridine rings is 1. The van der Waals surface area contributed by atoms with Gasteiger partial charge in [-0.05, 0) is 12.5 Å². The first kappa shape index (κ1) is 13.9. The van der Waals surface area contributed by atoms with E-state index in [-0.39, 0.29) is 17.7 Å². The average molecular weight is 306 g/mol. The van der Waals surface area contributed by atoms with Crippen LogP contribution in [0.25, 0.3) is 11.0 Å². The standard InChI is InChI=1S/C13H14N4O3S/c1-16-5-3-10(12(16)20)17-9-2-4-14-6-8(9)15-13(17)21-7-11(18)19/h2,4,6,10H,3,5,7H2,1H3,(H,18,19). The van der Waals surface area contributed by atoms with Gasteiger partial charge in [0.25, 0.3) is 0 Å². The predicted octanol–water partition coefficient (Wildman–Crippen LogP) is 1.01. The van der Waals surface area contributed by atoms with E-state index >= 15 is 0 Å². The summed E-state index contributed by atoms with van der Waals surface area (Å²) in [4.78, 5) is 33.2. The molecule has 0 radical (unpaired) electrons. The highest BCUT2D eigenvalue weighted by molar-refractivity contribution is 7.99. The van der Waals surface area contributed by atoms with Gasteiger partial charge in [0.2, 0.25) is 5.91 Å². The number of hydrogen-bond acceptors (Lipinski definition) is 5. The zero-order chi connectivity index (χ0) is 15.0. The minimum Gasteiger partial charge on any atom is -0.481 e. The Hall–Kier alpha value is -2.09. The number of aromatic nitrogens is 3. The van der Waals surface area contributed by atoms with Crippen molar-refractivity contribution in [3.63, 3.8) is 0 Å². The first-order valence-corrected chi connectivity index (χ1v) is 7.48. The Balaban J connectivity index is 2.07. The average Bonchev–Trinajstić information content (AvgIpc) is 2.98. The van der Waals surface area contributed by atoms with E-state index in [0.717, 1.165) is 17.3 Å². The van der Waals surface area contributed by atoms with Gasteiger partial charge in [-0.2, -0.15) is 0 Å². The molecule has 7 nitrogen and oxygen atoms in total. The Kier molecular flexibility index (Phi) is 3.54. The molecule has 1 fully saturated rings. The highest BCUT2D eigenvalue weighted by Gasteiger charge is 2.33. The van der Waals surface area contributed by atoms with Gasteiger partial charge in [0.15, 0.2) is 5.16 Å². The van der Waals surface area contributed by atoms with Crippen LogP contribution in [0, 0.1) is 0 Å². The molecule has 0 aliphatic carbocycles. The van der Waals surface area contributed by atoms with E-state index in [1.54, 1.807) is 30.4 Å². The molecule has 21 heavy (non-hydrogen) atoms. The predicted molar refractivity (Wildman–Crippen MR) is 77.2 cm³/mol. The molecule has 1 aliphatic rings. The fourth-order valence-electron chi connectivity index (χ4n) is 2.50. The van der Waals surface area contributed by atoms with Gasteiger partial charge in [-0.15, -0.1) is 0 Å². The highest BCUT2D eigenvalue weighted by atomic mass is 32.2. The Bertz CT molecular complexity index is 715. The van der Waals surface area contributed by atoms with E-state index < -0.39 is 5.97 Å². The van der Waals surface area contributed by atoms with E-state index in [4.69, 9.17) is 5.11 Å². The van der Waals surface area contributed by atoms with E-state index in [1.807, 2.05) is 4.57 Å². The lowest BCUT2D eigenvalue weighted by molar-refractivity contribution is -0.134. The summed E-state index contributed by atoms with van der Waals surface area (Å²) in [6.45, 7) is 0.692. The normalized spacial score (nSPS) is 18.6. The lowest BCUT2D eigenvalue weighted by Gasteiger charge is -2.15. The van der Waals surface area contributed by atoms with Crippen molar-refractivity contribution in [2.75, 3.05) is 19.3 Å². The van der Waals surface area contributed by atoms with Gasteiger partial charge in [0.05, 0.1) is 17.5 Å². The molecule has 1 N–H and O–H groups in total. The third kappa shape index (κ3) is 2.46. The number of thioether (sulfide) groups is 1. The summed E-state index contributed by atoms with van der Waals surface area (Å²) >= 11 is 1.12. The highest BCUT2D eigenvalue weighted by Crippen LogP contribution is 2.32. The Morgan fingerprint density at radius 3 is 3.05 bits per heavy atom. The number of carboxylic acids is 1. The first-order valence-electron chi connectivity index (χ1n) is 6.49. The number of amides is 1. The van der Waals surface area contributed by atoms with E-state index in [0.29, 0.717) is 23.6 Å². The molecule has 0 bridgehead atoms. The number of carbonyl (C=O) groups is 2. The van der Waals surface area contributed by atoms with Crippen molar-refractivity contribution < 1.29 is 14.7 Å². The third-order valence-corrected chi connectivity index (χ3v) is 4.43. The maximum atomic E-state index is 12.3. The summed E-state index contributed by atoms with van der Waals surface area (Å²) in [7, 11) is 1.77. The molecule has 0 spiro atoms. The van der Waals surface area contributed by atoms with Crippen LogP contribution in [0.2, 0.25) is 0 Å². The van der Waals surface area contributed by atoms with Crippen LogP contribution in [0.4, 0.5) is 0 Å². The molecule has 0 saturated carbocycles. The molecule has 3 rings (SSSR count). The summed E-state index contributed by atoms with van der Waals surface area (Å²) in [6, 6.07) is 1.48. The molecule has 1 aliphatic heterocycles. The number of imidazole rings is 1. The quantitative estimate of drug-likeness (QED) is 0.848. The molecule has 8 heteroatoms. The van der Waals surface area contributed by atoms with Crippen molar-refractivity contribution in [2.24, 2.45) is 0 Å².